The molecule has 0 amide bonds. The molecule has 1 atom stereocenters. The lowest BCUT2D eigenvalue weighted by molar-refractivity contribution is 0.367. The van der Waals surface area contributed by atoms with Crippen LogP contribution in [0.1, 0.15) is 23.4 Å². The second-order valence-corrected chi connectivity index (χ2v) is 5.11. The zero-order valence-corrected chi connectivity index (χ0v) is 11.6. The summed E-state index contributed by atoms with van der Waals surface area (Å²) in [5.41, 5.74) is 2.84. The van der Waals surface area contributed by atoms with Crippen molar-refractivity contribution in [3.63, 3.8) is 0 Å². The van der Waals surface area contributed by atoms with Gasteiger partial charge < -0.3 is 14.6 Å². The zero-order chi connectivity index (χ0) is 13.8. The summed E-state index contributed by atoms with van der Waals surface area (Å²) in [5, 5.41) is 7.18. The molecule has 1 unspecified atom stereocenters. The number of methoxy groups -OCH3 is 1. The van der Waals surface area contributed by atoms with Gasteiger partial charge in [0.1, 0.15) is 5.75 Å². The highest BCUT2D eigenvalue weighted by Gasteiger charge is 2.18. The molecule has 0 saturated carbocycles. The molecule has 0 saturated heterocycles. The molecule has 0 aliphatic heterocycles. The molecule has 0 fully saturated rings. The third-order valence-corrected chi connectivity index (χ3v) is 3.82. The molecule has 1 aliphatic carbocycles. The molecule has 0 spiro atoms. The maximum Gasteiger partial charge on any atom is 0.227 e. The van der Waals surface area contributed by atoms with Gasteiger partial charge in [-0.05, 0) is 42.5 Å². The van der Waals surface area contributed by atoms with Crippen molar-refractivity contribution in [2.24, 2.45) is 0 Å². The molecule has 3 rings (SSSR count). The summed E-state index contributed by atoms with van der Waals surface area (Å²) in [6.07, 6.45) is 5.57. The summed E-state index contributed by atoms with van der Waals surface area (Å²) >= 11 is 0. The van der Waals surface area contributed by atoms with Crippen molar-refractivity contribution < 1.29 is 9.26 Å². The monoisotopic (exact) mass is 273 g/mol. The van der Waals surface area contributed by atoms with E-state index in [0.29, 0.717) is 11.9 Å². The number of nitrogens with one attached hydrogen (secondary N) is 1. The Morgan fingerprint density at radius 3 is 3.15 bits per heavy atom. The Kier molecular flexibility index (Phi) is 3.97. The molecule has 1 aliphatic rings. The van der Waals surface area contributed by atoms with Crippen LogP contribution in [0.25, 0.3) is 0 Å². The molecule has 20 heavy (non-hydrogen) atoms. The minimum absolute atomic E-state index is 0.512. The fourth-order valence-electron chi connectivity index (χ4n) is 2.72. The first-order valence-corrected chi connectivity index (χ1v) is 7.00. The van der Waals surface area contributed by atoms with Crippen molar-refractivity contribution in [2.45, 2.75) is 31.7 Å². The summed E-state index contributed by atoms with van der Waals surface area (Å²) < 4.78 is 10.3. The molecule has 1 heterocycles. The van der Waals surface area contributed by atoms with Gasteiger partial charge in [-0.3, -0.25) is 0 Å². The second-order valence-electron chi connectivity index (χ2n) is 5.11. The van der Waals surface area contributed by atoms with Crippen molar-refractivity contribution in [3.05, 3.63) is 41.5 Å². The molecule has 5 nitrogen and oxygen atoms in total. The Labute approximate surface area is 118 Å². The molecular formula is C15H19N3O2. The van der Waals surface area contributed by atoms with Gasteiger partial charge in [0.2, 0.25) is 5.89 Å². The van der Waals surface area contributed by atoms with E-state index in [4.69, 9.17) is 9.26 Å². The lowest BCUT2D eigenvalue weighted by Gasteiger charge is -2.25. The smallest absolute Gasteiger partial charge is 0.227 e. The largest absolute Gasteiger partial charge is 0.497 e. The van der Waals surface area contributed by atoms with Crippen LogP contribution in [-0.2, 0) is 19.3 Å². The van der Waals surface area contributed by atoms with Crippen LogP contribution in [0, 0.1) is 0 Å². The first kappa shape index (κ1) is 13.1. The highest BCUT2D eigenvalue weighted by Crippen LogP contribution is 2.25. The van der Waals surface area contributed by atoms with E-state index in [1.807, 2.05) is 6.07 Å². The molecular weight excluding hydrogens is 254 g/mol. The predicted molar refractivity (Wildman–Crippen MR) is 74.8 cm³/mol. The third kappa shape index (κ3) is 2.99. The number of fused-ring (bicyclic) bond motifs is 1. The predicted octanol–water partition coefficient (Wildman–Crippen LogP) is 1.77. The van der Waals surface area contributed by atoms with Gasteiger partial charge in [0.25, 0.3) is 0 Å². The first-order valence-electron chi connectivity index (χ1n) is 7.00. The number of rotatable bonds is 5. The molecule has 0 radical (unpaired) electrons. The van der Waals surface area contributed by atoms with Gasteiger partial charge in [-0.1, -0.05) is 11.2 Å². The van der Waals surface area contributed by atoms with Crippen molar-refractivity contribution in [2.75, 3.05) is 13.7 Å². The Hall–Kier alpha value is -1.88. The number of benzene rings is 1. The molecule has 2 aromatic rings. The number of nitrogens with zero attached hydrogens (tertiary/aromatic N) is 2. The SMILES string of the molecule is COc1ccc2c(c1)CC(NCCc1ncno1)CC2. The lowest BCUT2D eigenvalue weighted by Crippen LogP contribution is -2.35. The third-order valence-electron chi connectivity index (χ3n) is 3.82. The van der Waals surface area contributed by atoms with Crippen LogP contribution in [-0.4, -0.2) is 29.8 Å². The number of hydrogen-bond donors (Lipinski definition) is 1. The number of aryl methyl sites for hydroxylation is 1. The van der Waals surface area contributed by atoms with E-state index in [-0.39, 0.29) is 0 Å². The van der Waals surface area contributed by atoms with Crippen LogP contribution in [0.2, 0.25) is 0 Å². The average Bonchev–Trinajstić information content (AvgIpc) is 3.00. The Balaban J connectivity index is 1.55. The number of ether oxygens (including phenoxy) is 1. The highest BCUT2D eigenvalue weighted by molar-refractivity contribution is 5.37. The van der Waals surface area contributed by atoms with E-state index in [9.17, 15) is 0 Å². The highest BCUT2D eigenvalue weighted by atomic mass is 16.5. The molecule has 1 aromatic carbocycles. The van der Waals surface area contributed by atoms with Crippen LogP contribution < -0.4 is 10.1 Å². The van der Waals surface area contributed by atoms with Gasteiger partial charge in [-0.2, -0.15) is 4.98 Å². The summed E-state index contributed by atoms with van der Waals surface area (Å²) in [4.78, 5) is 4.02. The van der Waals surface area contributed by atoms with Crippen molar-refractivity contribution in [3.8, 4) is 5.75 Å². The van der Waals surface area contributed by atoms with Crippen molar-refractivity contribution in [1.29, 1.82) is 0 Å². The normalized spacial score (nSPS) is 17.8. The van der Waals surface area contributed by atoms with Crippen LogP contribution >= 0.6 is 0 Å². The summed E-state index contributed by atoms with van der Waals surface area (Å²) in [7, 11) is 1.71. The van der Waals surface area contributed by atoms with Gasteiger partial charge in [0.05, 0.1) is 7.11 Å². The zero-order valence-electron chi connectivity index (χ0n) is 11.6. The molecule has 1 N–H and O–H groups in total. The lowest BCUT2D eigenvalue weighted by atomic mass is 9.88. The van der Waals surface area contributed by atoms with Crippen LogP contribution in [0.15, 0.2) is 29.0 Å². The van der Waals surface area contributed by atoms with Crippen molar-refractivity contribution >= 4 is 0 Å². The summed E-state index contributed by atoms with van der Waals surface area (Å²) in [5.74, 6) is 1.63. The van der Waals surface area contributed by atoms with E-state index < -0.39 is 0 Å². The van der Waals surface area contributed by atoms with E-state index in [1.54, 1.807) is 7.11 Å². The molecule has 0 bridgehead atoms. The second kappa shape index (κ2) is 6.05. The average molecular weight is 273 g/mol. The van der Waals surface area contributed by atoms with Gasteiger partial charge in [0, 0.05) is 19.0 Å². The van der Waals surface area contributed by atoms with E-state index in [2.05, 4.69) is 27.6 Å². The standard InChI is InChI=1S/C15H19N3O2/c1-19-14-5-3-11-2-4-13(8-12(11)9-14)16-7-6-15-17-10-18-20-15/h3,5,9-10,13,16H,2,4,6-8H2,1H3. The van der Waals surface area contributed by atoms with E-state index in [1.165, 1.54) is 23.9 Å². The van der Waals surface area contributed by atoms with E-state index in [0.717, 1.165) is 31.6 Å². The quantitative estimate of drug-likeness (QED) is 0.899. The summed E-state index contributed by atoms with van der Waals surface area (Å²) in [6, 6.07) is 6.89. The molecule has 5 heteroatoms. The first-order chi connectivity index (χ1) is 9.85. The Bertz CT molecular complexity index is 554. The minimum atomic E-state index is 0.512. The Morgan fingerprint density at radius 1 is 1.40 bits per heavy atom. The summed E-state index contributed by atoms with van der Waals surface area (Å²) in [6.45, 7) is 0.867. The number of aromatic nitrogens is 2. The van der Waals surface area contributed by atoms with Crippen molar-refractivity contribution in [1.82, 2.24) is 15.5 Å². The molecule has 1 aromatic heterocycles. The van der Waals surface area contributed by atoms with E-state index >= 15 is 0 Å². The van der Waals surface area contributed by atoms with Gasteiger partial charge in [-0.15, -0.1) is 0 Å². The minimum Gasteiger partial charge on any atom is -0.497 e. The topological polar surface area (TPSA) is 60.2 Å². The fourth-order valence-corrected chi connectivity index (χ4v) is 2.72. The van der Waals surface area contributed by atoms with Crippen LogP contribution in [0.3, 0.4) is 0 Å². The maximum atomic E-state index is 5.30. The Morgan fingerprint density at radius 2 is 2.35 bits per heavy atom. The molecule has 106 valence electrons. The maximum absolute atomic E-state index is 5.30. The van der Waals surface area contributed by atoms with Gasteiger partial charge >= 0.3 is 0 Å². The van der Waals surface area contributed by atoms with Gasteiger partial charge in [0.15, 0.2) is 6.33 Å². The van der Waals surface area contributed by atoms with Gasteiger partial charge in [-0.25, -0.2) is 0 Å². The number of hydrogen-bond acceptors (Lipinski definition) is 5. The van der Waals surface area contributed by atoms with Crippen LogP contribution in [0.5, 0.6) is 5.75 Å². The van der Waals surface area contributed by atoms with Crippen LogP contribution in [0.4, 0.5) is 0 Å². The fraction of sp³-hybridized carbons (Fsp3) is 0.467.